The quantitative estimate of drug-likeness (QED) is 0.613. The fraction of sp³-hybridized carbons (Fsp3) is 0.143. The number of benzene rings is 2. The number of nitro benzene ring substituents is 1. The van der Waals surface area contributed by atoms with Gasteiger partial charge in [0.2, 0.25) is 0 Å². The summed E-state index contributed by atoms with van der Waals surface area (Å²) in [5.41, 5.74) is 1.32. The van der Waals surface area contributed by atoms with Crippen LogP contribution in [0, 0.1) is 22.9 Å². The molecular formula is C14H11BrFNO3. The number of hydrogen-bond donors (Lipinski definition) is 0. The van der Waals surface area contributed by atoms with E-state index in [4.69, 9.17) is 4.74 Å². The second-order valence-corrected chi connectivity index (χ2v) is 5.00. The van der Waals surface area contributed by atoms with Crippen LogP contribution in [0.25, 0.3) is 0 Å². The summed E-state index contributed by atoms with van der Waals surface area (Å²) in [5, 5.41) is 10.8. The van der Waals surface area contributed by atoms with Crippen LogP contribution in [-0.2, 0) is 6.61 Å². The van der Waals surface area contributed by atoms with Crippen molar-refractivity contribution in [3.8, 4) is 5.75 Å². The summed E-state index contributed by atoms with van der Waals surface area (Å²) in [5.74, 6) is 0.219. The minimum absolute atomic E-state index is 0.0121. The highest BCUT2D eigenvalue weighted by atomic mass is 79.9. The molecule has 0 amide bonds. The minimum Gasteiger partial charge on any atom is -0.489 e. The zero-order valence-corrected chi connectivity index (χ0v) is 12.2. The Morgan fingerprint density at radius 1 is 1.35 bits per heavy atom. The molecule has 2 aromatic rings. The average Bonchev–Trinajstić information content (AvgIpc) is 2.39. The van der Waals surface area contributed by atoms with Crippen LogP contribution < -0.4 is 4.74 Å². The van der Waals surface area contributed by atoms with Crippen molar-refractivity contribution < 1.29 is 14.1 Å². The van der Waals surface area contributed by atoms with Crippen molar-refractivity contribution >= 4 is 21.6 Å². The second kappa shape index (κ2) is 6.00. The summed E-state index contributed by atoms with van der Waals surface area (Å²) in [7, 11) is 0. The predicted octanol–water partition coefficient (Wildman–Crippen LogP) is 4.38. The van der Waals surface area contributed by atoms with Crippen LogP contribution in [0.2, 0.25) is 0 Å². The molecule has 0 heterocycles. The number of halogens is 2. The Hall–Kier alpha value is -1.95. The number of rotatable bonds is 4. The Morgan fingerprint density at radius 2 is 2.10 bits per heavy atom. The molecule has 0 aliphatic heterocycles. The Kier molecular flexibility index (Phi) is 4.34. The van der Waals surface area contributed by atoms with Crippen molar-refractivity contribution in [2.24, 2.45) is 0 Å². The van der Waals surface area contributed by atoms with Gasteiger partial charge in [-0.1, -0.05) is 12.1 Å². The third-order valence-corrected chi connectivity index (χ3v) is 3.69. The van der Waals surface area contributed by atoms with E-state index in [0.29, 0.717) is 21.3 Å². The molecule has 0 N–H and O–H groups in total. The van der Waals surface area contributed by atoms with Crippen LogP contribution in [0.1, 0.15) is 11.1 Å². The molecule has 0 aliphatic rings. The zero-order chi connectivity index (χ0) is 14.7. The summed E-state index contributed by atoms with van der Waals surface area (Å²) in [6, 6.07) is 8.96. The first kappa shape index (κ1) is 14.5. The lowest BCUT2D eigenvalue weighted by atomic mass is 10.2. The van der Waals surface area contributed by atoms with E-state index in [1.54, 1.807) is 19.1 Å². The summed E-state index contributed by atoms with van der Waals surface area (Å²) < 4.78 is 18.9. The van der Waals surface area contributed by atoms with E-state index in [1.165, 1.54) is 24.3 Å². The van der Waals surface area contributed by atoms with Gasteiger partial charge < -0.3 is 4.74 Å². The number of ether oxygens (including phenoxy) is 1. The van der Waals surface area contributed by atoms with E-state index >= 15 is 0 Å². The molecule has 0 spiro atoms. The number of nitrogens with zero attached hydrogens (tertiary/aromatic N) is 1. The van der Waals surface area contributed by atoms with E-state index in [9.17, 15) is 14.5 Å². The van der Waals surface area contributed by atoms with E-state index in [-0.39, 0.29) is 18.1 Å². The number of nitro groups is 1. The van der Waals surface area contributed by atoms with Crippen LogP contribution >= 0.6 is 15.9 Å². The van der Waals surface area contributed by atoms with E-state index in [0.717, 1.165) is 0 Å². The monoisotopic (exact) mass is 339 g/mol. The Balaban J connectivity index is 2.19. The molecule has 0 radical (unpaired) electrons. The van der Waals surface area contributed by atoms with Crippen molar-refractivity contribution in [3.63, 3.8) is 0 Å². The van der Waals surface area contributed by atoms with Crippen LogP contribution in [0.5, 0.6) is 5.75 Å². The maximum atomic E-state index is 13.0. The van der Waals surface area contributed by atoms with Gasteiger partial charge in [-0.05, 0) is 46.6 Å². The highest BCUT2D eigenvalue weighted by Gasteiger charge is 2.15. The molecule has 0 fully saturated rings. The summed E-state index contributed by atoms with van der Waals surface area (Å²) in [6.07, 6.45) is 0. The molecule has 0 bridgehead atoms. The van der Waals surface area contributed by atoms with E-state index < -0.39 is 4.92 Å². The fourth-order valence-electron chi connectivity index (χ4n) is 1.75. The Bertz CT molecular complexity index is 661. The van der Waals surface area contributed by atoms with Gasteiger partial charge in [0.1, 0.15) is 22.6 Å². The SMILES string of the molecule is Cc1cc(F)ccc1OCc1cccc([N+](=O)[O-])c1Br. The molecular weight excluding hydrogens is 329 g/mol. The van der Waals surface area contributed by atoms with E-state index in [1.807, 2.05) is 0 Å². The zero-order valence-electron chi connectivity index (χ0n) is 10.6. The van der Waals surface area contributed by atoms with Gasteiger partial charge in [-0.25, -0.2) is 4.39 Å². The first-order valence-corrected chi connectivity index (χ1v) is 6.59. The minimum atomic E-state index is -0.462. The van der Waals surface area contributed by atoms with Gasteiger partial charge in [-0.3, -0.25) is 10.1 Å². The molecule has 0 aromatic heterocycles. The van der Waals surface area contributed by atoms with Gasteiger partial charge in [0.05, 0.1) is 4.92 Å². The van der Waals surface area contributed by atoms with Gasteiger partial charge in [0, 0.05) is 11.6 Å². The molecule has 2 aromatic carbocycles. The summed E-state index contributed by atoms with van der Waals surface area (Å²) in [6.45, 7) is 1.90. The van der Waals surface area contributed by atoms with Gasteiger partial charge in [-0.15, -0.1) is 0 Å². The number of hydrogen-bond acceptors (Lipinski definition) is 3. The lowest BCUT2D eigenvalue weighted by molar-refractivity contribution is -0.385. The highest BCUT2D eigenvalue weighted by Crippen LogP contribution is 2.29. The standard InChI is InChI=1S/C14H11BrFNO3/c1-9-7-11(16)5-6-13(9)20-8-10-3-2-4-12(14(10)15)17(18)19/h2-7H,8H2,1H3. The molecule has 4 nitrogen and oxygen atoms in total. The maximum absolute atomic E-state index is 13.0. The topological polar surface area (TPSA) is 52.4 Å². The first-order chi connectivity index (χ1) is 9.49. The van der Waals surface area contributed by atoms with E-state index in [2.05, 4.69) is 15.9 Å². The molecule has 2 rings (SSSR count). The summed E-state index contributed by atoms with van der Waals surface area (Å²) in [4.78, 5) is 10.4. The lowest BCUT2D eigenvalue weighted by Gasteiger charge is -2.10. The van der Waals surface area contributed by atoms with Crippen molar-refractivity contribution in [3.05, 3.63) is 67.9 Å². The molecule has 20 heavy (non-hydrogen) atoms. The molecule has 0 aliphatic carbocycles. The fourth-order valence-corrected chi connectivity index (χ4v) is 2.27. The molecule has 0 saturated carbocycles. The van der Waals surface area contributed by atoms with Gasteiger partial charge in [0.15, 0.2) is 0 Å². The van der Waals surface area contributed by atoms with Crippen molar-refractivity contribution in [2.75, 3.05) is 0 Å². The summed E-state index contributed by atoms with van der Waals surface area (Å²) >= 11 is 3.20. The van der Waals surface area contributed by atoms with Crippen LogP contribution in [0.3, 0.4) is 0 Å². The average molecular weight is 340 g/mol. The van der Waals surface area contributed by atoms with Crippen LogP contribution in [0.4, 0.5) is 10.1 Å². The highest BCUT2D eigenvalue weighted by molar-refractivity contribution is 9.10. The molecule has 6 heteroatoms. The van der Waals surface area contributed by atoms with Gasteiger partial charge in [-0.2, -0.15) is 0 Å². The molecule has 0 saturated heterocycles. The van der Waals surface area contributed by atoms with Gasteiger partial charge >= 0.3 is 0 Å². The maximum Gasteiger partial charge on any atom is 0.283 e. The van der Waals surface area contributed by atoms with Crippen LogP contribution in [-0.4, -0.2) is 4.92 Å². The molecule has 104 valence electrons. The predicted molar refractivity (Wildman–Crippen MR) is 76.3 cm³/mol. The Labute approximate surface area is 123 Å². The third-order valence-electron chi connectivity index (χ3n) is 2.78. The smallest absolute Gasteiger partial charge is 0.283 e. The van der Waals surface area contributed by atoms with Crippen molar-refractivity contribution in [1.29, 1.82) is 0 Å². The van der Waals surface area contributed by atoms with Gasteiger partial charge in [0.25, 0.3) is 5.69 Å². The second-order valence-electron chi connectivity index (χ2n) is 4.21. The third kappa shape index (κ3) is 3.14. The Morgan fingerprint density at radius 3 is 2.75 bits per heavy atom. The number of aryl methyl sites for hydroxylation is 1. The van der Waals surface area contributed by atoms with Crippen molar-refractivity contribution in [1.82, 2.24) is 0 Å². The molecule has 0 unspecified atom stereocenters. The first-order valence-electron chi connectivity index (χ1n) is 5.80. The van der Waals surface area contributed by atoms with Crippen molar-refractivity contribution in [2.45, 2.75) is 13.5 Å². The lowest BCUT2D eigenvalue weighted by Crippen LogP contribution is -2.00. The molecule has 0 atom stereocenters. The van der Waals surface area contributed by atoms with Crippen LogP contribution in [0.15, 0.2) is 40.9 Å². The normalized spacial score (nSPS) is 10.3. The largest absolute Gasteiger partial charge is 0.489 e.